The normalized spacial score (nSPS) is 20.4. The van der Waals surface area contributed by atoms with Crippen molar-refractivity contribution in [1.29, 1.82) is 0 Å². The fourth-order valence-corrected chi connectivity index (χ4v) is 4.00. The molecule has 1 aliphatic rings. The number of rotatable bonds is 4. The average Bonchev–Trinajstić information content (AvgIpc) is 3.36. The van der Waals surface area contributed by atoms with Crippen LogP contribution in [0.4, 0.5) is 0 Å². The predicted octanol–water partition coefficient (Wildman–Crippen LogP) is 3.08. The summed E-state index contributed by atoms with van der Waals surface area (Å²) in [6.45, 7) is 1.31. The third-order valence-corrected chi connectivity index (χ3v) is 5.28. The van der Waals surface area contributed by atoms with Crippen molar-refractivity contribution in [3.8, 4) is 0 Å². The van der Waals surface area contributed by atoms with Crippen LogP contribution in [0.3, 0.4) is 0 Å². The third kappa shape index (κ3) is 2.97. The van der Waals surface area contributed by atoms with Crippen LogP contribution in [0.1, 0.15) is 28.8 Å². The van der Waals surface area contributed by atoms with Crippen molar-refractivity contribution >= 4 is 17.2 Å². The summed E-state index contributed by atoms with van der Waals surface area (Å²) in [5.41, 5.74) is 2.28. The highest BCUT2D eigenvalue weighted by molar-refractivity contribution is 7.08. The Morgan fingerprint density at radius 1 is 1.21 bits per heavy atom. The molecule has 1 amide bonds. The first-order chi connectivity index (χ1) is 11.8. The van der Waals surface area contributed by atoms with Crippen LogP contribution in [0, 0.1) is 0 Å². The number of likely N-dealkylation sites (tertiary alicyclic amines) is 1. The van der Waals surface area contributed by atoms with Crippen molar-refractivity contribution in [2.24, 2.45) is 0 Å². The van der Waals surface area contributed by atoms with Crippen molar-refractivity contribution in [2.75, 3.05) is 13.1 Å². The number of hydrogen-bond acceptors (Lipinski definition) is 5. The SMILES string of the molecule is O=C(Cc1ccsc1)N1C[C@H](c2ccccc2)[C@H](c2ncon2)C1. The maximum atomic E-state index is 12.7. The number of carbonyl (C=O) groups excluding carboxylic acids is 1. The van der Waals surface area contributed by atoms with Crippen LogP contribution in [-0.2, 0) is 11.2 Å². The summed E-state index contributed by atoms with van der Waals surface area (Å²) in [6, 6.07) is 12.3. The second-order valence-corrected chi connectivity index (χ2v) is 6.80. The van der Waals surface area contributed by atoms with E-state index in [1.54, 1.807) is 11.3 Å². The van der Waals surface area contributed by atoms with E-state index in [9.17, 15) is 4.79 Å². The van der Waals surface area contributed by atoms with Gasteiger partial charge in [-0.3, -0.25) is 4.79 Å². The van der Waals surface area contributed by atoms with Gasteiger partial charge in [0, 0.05) is 24.9 Å². The van der Waals surface area contributed by atoms with E-state index >= 15 is 0 Å². The Labute approximate surface area is 143 Å². The monoisotopic (exact) mass is 339 g/mol. The van der Waals surface area contributed by atoms with Crippen LogP contribution in [-0.4, -0.2) is 34.0 Å². The van der Waals surface area contributed by atoms with E-state index in [2.05, 4.69) is 22.3 Å². The highest BCUT2D eigenvalue weighted by Gasteiger charge is 2.39. The number of nitrogens with zero attached hydrogens (tertiary/aromatic N) is 3. The Balaban J connectivity index is 1.57. The largest absolute Gasteiger partial charge is 0.343 e. The van der Waals surface area contributed by atoms with Crippen molar-refractivity contribution in [3.63, 3.8) is 0 Å². The fourth-order valence-electron chi connectivity index (χ4n) is 3.33. The van der Waals surface area contributed by atoms with Gasteiger partial charge in [0.2, 0.25) is 12.3 Å². The molecule has 0 spiro atoms. The van der Waals surface area contributed by atoms with Gasteiger partial charge in [0.15, 0.2) is 5.82 Å². The van der Waals surface area contributed by atoms with Crippen LogP contribution in [0.5, 0.6) is 0 Å². The molecule has 3 heterocycles. The number of benzene rings is 1. The molecule has 3 aromatic rings. The summed E-state index contributed by atoms with van der Waals surface area (Å²) in [5, 5.41) is 8.05. The number of carbonyl (C=O) groups is 1. The number of thiophene rings is 1. The van der Waals surface area contributed by atoms with E-state index < -0.39 is 0 Å². The van der Waals surface area contributed by atoms with Gasteiger partial charge in [-0.05, 0) is 28.0 Å². The Bertz CT molecular complexity index is 787. The first kappa shape index (κ1) is 15.1. The molecule has 6 heteroatoms. The number of aromatic nitrogens is 2. The van der Waals surface area contributed by atoms with Crippen LogP contribution in [0.15, 0.2) is 58.1 Å². The predicted molar refractivity (Wildman–Crippen MR) is 90.8 cm³/mol. The number of amides is 1. The lowest BCUT2D eigenvalue weighted by atomic mass is 9.88. The molecule has 1 fully saturated rings. The summed E-state index contributed by atoms with van der Waals surface area (Å²) >= 11 is 1.62. The quantitative estimate of drug-likeness (QED) is 0.733. The zero-order valence-electron chi connectivity index (χ0n) is 13.0. The first-order valence-electron chi connectivity index (χ1n) is 7.91. The molecule has 0 N–H and O–H groups in total. The van der Waals surface area contributed by atoms with Crippen molar-refractivity contribution in [1.82, 2.24) is 15.0 Å². The minimum atomic E-state index is 0.0672. The highest BCUT2D eigenvalue weighted by Crippen LogP contribution is 2.38. The van der Waals surface area contributed by atoms with Gasteiger partial charge in [-0.15, -0.1) is 0 Å². The summed E-state index contributed by atoms with van der Waals surface area (Å²) in [6.07, 6.45) is 1.80. The molecular weight excluding hydrogens is 322 g/mol. The van der Waals surface area contributed by atoms with Gasteiger partial charge in [-0.25, -0.2) is 0 Å². The summed E-state index contributed by atoms with van der Waals surface area (Å²) in [7, 11) is 0. The van der Waals surface area contributed by atoms with Gasteiger partial charge in [0.25, 0.3) is 0 Å². The molecule has 2 aromatic heterocycles. The molecule has 122 valence electrons. The second kappa shape index (κ2) is 6.57. The maximum absolute atomic E-state index is 12.7. The van der Waals surface area contributed by atoms with Gasteiger partial charge >= 0.3 is 0 Å². The van der Waals surface area contributed by atoms with Gasteiger partial charge in [-0.1, -0.05) is 35.5 Å². The molecule has 0 radical (unpaired) electrons. The smallest absolute Gasteiger partial charge is 0.227 e. The van der Waals surface area contributed by atoms with Crippen molar-refractivity contribution < 1.29 is 9.32 Å². The Kier molecular flexibility index (Phi) is 4.13. The van der Waals surface area contributed by atoms with Crippen LogP contribution < -0.4 is 0 Å². The van der Waals surface area contributed by atoms with Crippen molar-refractivity contribution in [3.05, 3.63) is 70.5 Å². The average molecular weight is 339 g/mol. The number of hydrogen-bond donors (Lipinski definition) is 0. The lowest BCUT2D eigenvalue weighted by Gasteiger charge is -2.16. The van der Waals surface area contributed by atoms with E-state index in [0.29, 0.717) is 25.3 Å². The zero-order chi connectivity index (χ0) is 16.4. The van der Waals surface area contributed by atoms with E-state index in [-0.39, 0.29) is 17.7 Å². The zero-order valence-corrected chi connectivity index (χ0v) is 13.9. The summed E-state index contributed by atoms with van der Waals surface area (Å²) in [5.74, 6) is 1.09. The first-order valence-corrected chi connectivity index (χ1v) is 8.85. The van der Waals surface area contributed by atoms with E-state index in [1.807, 2.05) is 39.9 Å². The van der Waals surface area contributed by atoms with Gasteiger partial charge in [0.1, 0.15) is 0 Å². The molecule has 0 saturated carbocycles. The molecule has 24 heavy (non-hydrogen) atoms. The lowest BCUT2D eigenvalue weighted by molar-refractivity contribution is -0.129. The highest BCUT2D eigenvalue weighted by atomic mass is 32.1. The molecule has 1 aromatic carbocycles. The fraction of sp³-hybridized carbons (Fsp3) is 0.278. The summed E-state index contributed by atoms with van der Waals surface area (Å²) in [4.78, 5) is 18.8. The Hall–Kier alpha value is -2.47. The third-order valence-electron chi connectivity index (χ3n) is 4.55. The van der Waals surface area contributed by atoms with Gasteiger partial charge < -0.3 is 9.42 Å². The van der Waals surface area contributed by atoms with Crippen molar-refractivity contribution in [2.45, 2.75) is 18.3 Å². The second-order valence-electron chi connectivity index (χ2n) is 6.02. The van der Waals surface area contributed by atoms with Crippen LogP contribution in [0.25, 0.3) is 0 Å². The molecular formula is C18H17N3O2S. The van der Waals surface area contributed by atoms with E-state index in [0.717, 1.165) is 5.56 Å². The van der Waals surface area contributed by atoms with Gasteiger partial charge in [0.05, 0.1) is 6.42 Å². The van der Waals surface area contributed by atoms with Crippen LogP contribution >= 0.6 is 11.3 Å². The maximum Gasteiger partial charge on any atom is 0.227 e. The molecule has 1 aliphatic heterocycles. The minimum absolute atomic E-state index is 0.0672. The molecule has 0 unspecified atom stereocenters. The Morgan fingerprint density at radius 3 is 2.75 bits per heavy atom. The molecule has 4 rings (SSSR count). The van der Waals surface area contributed by atoms with E-state index in [4.69, 9.17) is 4.52 Å². The van der Waals surface area contributed by atoms with Crippen LogP contribution in [0.2, 0.25) is 0 Å². The minimum Gasteiger partial charge on any atom is -0.343 e. The molecule has 0 bridgehead atoms. The Morgan fingerprint density at radius 2 is 2.04 bits per heavy atom. The molecule has 0 aliphatic carbocycles. The molecule has 2 atom stereocenters. The topological polar surface area (TPSA) is 59.2 Å². The summed E-state index contributed by atoms with van der Waals surface area (Å²) < 4.78 is 4.93. The van der Waals surface area contributed by atoms with E-state index in [1.165, 1.54) is 12.0 Å². The molecule has 5 nitrogen and oxygen atoms in total. The van der Waals surface area contributed by atoms with Gasteiger partial charge in [-0.2, -0.15) is 16.3 Å². The lowest BCUT2D eigenvalue weighted by Crippen LogP contribution is -2.30. The molecule has 1 saturated heterocycles. The standard InChI is InChI=1S/C18H17N3O2S/c22-17(8-13-6-7-24-11-13)21-9-15(14-4-2-1-3-5-14)16(10-21)18-19-12-23-20-18/h1-7,11-12,15-16H,8-10H2/t15-,16-/m1/s1.